The van der Waals surface area contributed by atoms with E-state index in [1.165, 1.54) is 43.7 Å². The van der Waals surface area contributed by atoms with Crippen molar-refractivity contribution < 1.29 is 26.4 Å². The third-order valence-electron chi connectivity index (χ3n) is 8.34. The second-order valence-electron chi connectivity index (χ2n) is 13.2. The van der Waals surface area contributed by atoms with Gasteiger partial charge < -0.3 is 4.74 Å². The standard InChI is InChI=1S/C21H23ClN2O4S.C16H15ClN2O2S/c1-13-8-14-6-7-16(22)10-18(14)19(13)15-9-17(12-23-11-15)29(26,27)24(5)20(25)28-21(2,3)4;1-10-5-11-3-4-13(17)7-15(11)16(10)12-6-14(9-19-8-12)22(20,21)18-2/h6-7,9-12H,8H2,1-5H3;3-4,6-9,18H,5H2,1-2H3. The normalized spacial score (nSPS) is 14.1. The predicted octanol–water partition coefficient (Wildman–Crippen LogP) is 7.69. The molecular formula is C37H38Cl2N4O6S2. The fourth-order valence-electron chi connectivity index (χ4n) is 5.98. The number of allylic oxidation sites excluding steroid dienone is 2. The summed E-state index contributed by atoms with van der Waals surface area (Å²) in [6.07, 6.45) is 6.52. The summed E-state index contributed by atoms with van der Waals surface area (Å²) in [5, 5.41) is 1.27. The van der Waals surface area contributed by atoms with Crippen LogP contribution in [0, 0.1) is 0 Å². The van der Waals surface area contributed by atoms with Crippen molar-refractivity contribution in [2.45, 2.75) is 62.9 Å². The van der Waals surface area contributed by atoms with Gasteiger partial charge in [0.1, 0.15) is 15.4 Å². The molecule has 51 heavy (non-hydrogen) atoms. The summed E-state index contributed by atoms with van der Waals surface area (Å²) >= 11 is 12.3. The van der Waals surface area contributed by atoms with Crippen LogP contribution in [0.4, 0.5) is 4.79 Å². The Morgan fingerprint density at radius 2 is 1.22 bits per heavy atom. The van der Waals surface area contributed by atoms with Gasteiger partial charge in [-0.15, -0.1) is 0 Å². The molecule has 0 fully saturated rings. The van der Waals surface area contributed by atoms with E-state index in [1.54, 1.807) is 39.2 Å². The lowest BCUT2D eigenvalue weighted by Gasteiger charge is -2.24. The van der Waals surface area contributed by atoms with E-state index in [4.69, 9.17) is 27.9 Å². The number of carbonyl (C=O) groups is 1. The summed E-state index contributed by atoms with van der Waals surface area (Å²) in [5.74, 6) is 0. The maximum Gasteiger partial charge on any atom is 0.424 e. The molecule has 2 aromatic heterocycles. The number of rotatable bonds is 6. The van der Waals surface area contributed by atoms with Crippen LogP contribution in [-0.2, 0) is 37.6 Å². The number of carbonyl (C=O) groups excluding carboxylic acids is 1. The minimum atomic E-state index is -4.12. The Balaban J connectivity index is 0.000000205. The monoisotopic (exact) mass is 768 g/mol. The van der Waals surface area contributed by atoms with Crippen LogP contribution in [0.5, 0.6) is 0 Å². The highest BCUT2D eigenvalue weighted by atomic mass is 35.5. The fraction of sp³-hybridized carbons (Fsp3) is 0.270. The molecule has 268 valence electrons. The molecule has 2 aliphatic rings. The molecule has 4 aromatic rings. The summed E-state index contributed by atoms with van der Waals surface area (Å²) in [6, 6.07) is 14.7. The number of nitrogens with one attached hydrogen (secondary N) is 1. The van der Waals surface area contributed by atoms with Crippen molar-refractivity contribution in [2.24, 2.45) is 0 Å². The number of ether oxygens (including phenoxy) is 1. The van der Waals surface area contributed by atoms with Crippen LogP contribution in [0.3, 0.4) is 0 Å². The van der Waals surface area contributed by atoms with Gasteiger partial charge in [0.25, 0.3) is 10.0 Å². The zero-order chi connectivity index (χ0) is 37.5. The Labute approximate surface area is 309 Å². The van der Waals surface area contributed by atoms with Gasteiger partial charge in [-0.1, -0.05) is 46.5 Å². The van der Waals surface area contributed by atoms with E-state index in [0.717, 1.165) is 51.8 Å². The van der Waals surface area contributed by atoms with Gasteiger partial charge in [0.15, 0.2) is 0 Å². The molecule has 0 atom stereocenters. The number of sulfonamides is 2. The summed E-state index contributed by atoms with van der Waals surface area (Å²) in [6.45, 7) is 9.06. The number of pyridine rings is 2. The maximum absolute atomic E-state index is 13.0. The number of aromatic nitrogens is 2. The van der Waals surface area contributed by atoms with Crippen LogP contribution in [0.15, 0.2) is 94.3 Å². The largest absolute Gasteiger partial charge is 0.443 e. The Bertz CT molecular complexity index is 2330. The van der Waals surface area contributed by atoms with Crippen LogP contribution in [0.1, 0.15) is 68.0 Å². The summed E-state index contributed by atoms with van der Waals surface area (Å²) in [4.78, 5) is 20.5. The highest BCUT2D eigenvalue weighted by molar-refractivity contribution is 7.89. The Kier molecular flexibility index (Phi) is 10.9. The van der Waals surface area contributed by atoms with Gasteiger partial charge >= 0.3 is 6.09 Å². The van der Waals surface area contributed by atoms with E-state index in [1.807, 2.05) is 50.2 Å². The number of fused-ring (bicyclic) bond motifs is 2. The van der Waals surface area contributed by atoms with E-state index < -0.39 is 31.7 Å². The first-order valence-electron chi connectivity index (χ1n) is 15.9. The Morgan fingerprint density at radius 3 is 1.67 bits per heavy atom. The van der Waals surface area contributed by atoms with Crippen molar-refractivity contribution >= 4 is 60.5 Å². The molecule has 0 unspecified atom stereocenters. The zero-order valence-electron chi connectivity index (χ0n) is 29.2. The molecule has 0 aliphatic heterocycles. The molecule has 2 heterocycles. The zero-order valence-corrected chi connectivity index (χ0v) is 32.4. The van der Waals surface area contributed by atoms with E-state index >= 15 is 0 Å². The minimum absolute atomic E-state index is 0.0841. The molecule has 0 radical (unpaired) electrons. The van der Waals surface area contributed by atoms with Crippen molar-refractivity contribution in [3.8, 4) is 0 Å². The fourth-order valence-corrected chi connectivity index (χ4v) is 8.06. The van der Waals surface area contributed by atoms with E-state index in [0.29, 0.717) is 19.9 Å². The van der Waals surface area contributed by atoms with Crippen LogP contribution in [0.25, 0.3) is 11.1 Å². The first-order valence-corrected chi connectivity index (χ1v) is 19.5. The molecular weight excluding hydrogens is 731 g/mol. The predicted molar refractivity (Wildman–Crippen MR) is 200 cm³/mol. The lowest BCUT2D eigenvalue weighted by molar-refractivity contribution is 0.0420. The second-order valence-corrected chi connectivity index (χ2v) is 18.0. The average molecular weight is 770 g/mol. The quantitative estimate of drug-likeness (QED) is 0.211. The summed E-state index contributed by atoms with van der Waals surface area (Å²) < 4.78 is 57.9. The number of halogens is 2. The van der Waals surface area contributed by atoms with Gasteiger partial charge in [-0.05, 0) is 124 Å². The summed E-state index contributed by atoms with van der Waals surface area (Å²) in [7, 11) is -5.07. The van der Waals surface area contributed by atoms with Gasteiger partial charge in [0.2, 0.25) is 10.0 Å². The topological polar surface area (TPSA) is 136 Å². The highest BCUT2D eigenvalue weighted by Gasteiger charge is 2.31. The van der Waals surface area contributed by atoms with Crippen molar-refractivity contribution in [3.63, 3.8) is 0 Å². The highest BCUT2D eigenvalue weighted by Crippen LogP contribution is 2.40. The van der Waals surface area contributed by atoms with Gasteiger partial charge in [0.05, 0.1) is 0 Å². The van der Waals surface area contributed by atoms with Gasteiger partial charge in [0, 0.05) is 53.0 Å². The van der Waals surface area contributed by atoms with Gasteiger partial charge in [-0.3, -0.25) is 9.97 Å². The van der Waals surface area contributed by atoms with Crippen LogP contribution >= 0.6 is 23.2 Å². The lowest BCUT2D eigenvalue weighted by atomic mass is 9.99. The molecule has 0 saturated carbocycles. The van der Waals surface area contributed by atoms with Crippen LogP contribution < -0.4 is 4.72 Å². The number of amides is 1. The first kappa shape index (κ1) is 38.2. The number of hydrogen-bond acceptors (Lipinski definition) is 8. The average Bonchev–Trinajstić information content (AvgIpc) is 3.57. The minimum Gasteiger partial charge on any atom is -0.443 e. The molecule has 10 nitrogen and oxygen atoms in total. The van der Waals surface area contributed by atoms with Crippen LogP contribution in [0.2, 0.25) is 10.0 Å². The van der Waals surface area contributed by atoms with Crippen molar-refractivity contribution in [1.82, 2.24) is 19.0 Å². The second kappa shape index (κ2) is 14.5. The van der Waals surface area contributed by atoms with Gasteiger partial charge in [-0.2, -0.15) is 0 Å². The van der Waals surface area contributed by atoms with E-state index in [2.05, 4.69) is 14.7 Å². The molecule has 6 rings (SSSR count). The SMILES string of the molecule is CC1=C(c2cncc(S(=O)(=O)N(C)C(=O)OC(C)(C)C)c2)c2cc(Cl)ccc2C1.CNS(=O)(=O)c1cncc(C2=C(C)Cc3ccc(Cl)cc32)c1. The Morgan fingerprint density at radius 1 is 0.765 bits per heavy atom. The smallest absolute Gasteiger partial charge is 0.424 e. The molecule has 2 aliphatic carbocycles. The molecule has 2 aromatic carbocycles. The maximum atomic E-state index is 13.0. The summed E-state index contributed by atoms with van der Waals surface area (Å²) in [5.41, 5.74) is 9.16. The van der Waals surface area contributed by atoms with Gasteiger partial charge in [-0.25, -0.2) is 30.7 Å². The van der Waals surface area contributed by atoms with E-state index in [9.17, 15) is 21.6 Å². The molecule has 1 N–H and O–H groups in total. The molecule has 14 heteroatoms. The molecule has 0 saturated heterocycles. The third kappa shape index (κ3) is 8.21. The molecule has 1 amide bonds. The van der Waals surface area contributed by atoms with E-state index in [-0.39, 0.29) is 9.79 Å². The molecule has 0 spiro atoms. The van der Waals surface area contributed by atoms with Crippen molar-refractivity contribution in [2.75, 3.05) is 14.1 Å². The first-order chi connectivity index (χ1) is 23.8. The number of benzene rings is 2. The van der Waals surface area contributed by atoms with Crippen molar-refractivity contribution in [1.29, 1.82) is 0 Å². The molecule has 0 bridgehead atoms. The third-order valence-corrected chi connectivity index (χ3v) is 11.9. The Hall–Kier alpha value is -4.07. The number of hydrogen-bond donors (Lipinski definition) is 1. The lowest BCUT2D eigenvalue weighted by Crippen LogP contribution is -2.38. The number of nitrogens with zero attached hydrogens (tertiary/aromatic N) is 3. The van der Waals surface area contributed by atoms with Crippen molar-refractivity contribution in [3.05, 3.63) is 128 Å². The van der Waals surface area contributed by atoms with Crippen LogP contribution in [-0.4, -0.2) is 56.9 Å².